The number of halogens is 2. The van der Waals surface area contributed by atoms with Crippen molar-refractivity contribution in [3.8, 4) is 17.2 Å². The first-order chi connectivity index (χ1) is 11.5. The van der Waals surface area contributed by atoms with E-state index in [1.807, 2.05) is 6.07 Å². The number of rotatable bonds is 5. The van der Waals surface area contributed by atoms with Gasteiger partial charge in [0.25, 0.3) is 0 Å². The smallest absolute Gasteiger partial charge is 0.495 e. The van der Waals surface area contributed by atoms with Gasteiger partial charge < -0.3 is 24.8 Å². The van der Waals surface area contributed by atoms with Gasteiger partial charge in [-0.3, -0.25) is 4.79 Å². The maximum Gasteiger partial charge on any atom is 0.586 e. The Morgan fingerprint density at radius 3 is 2.71 bits per heavy atom. The number of hydrogen-bond donors (Lipinski definition) is 2. The van der Waals surface area contributed by atoms with Crippen LogP contribution in [0.1, 0.15) is 0 Å². The molecule has 126 valence electrons. The normalized spacial score (nSPS) is 14.1. The molecule has 0 radical (unpaired) electrons. The number of anilines is 2. The number of methoxy groups -OCH3 is 1. The Labute approximate surface area is 136 Å². The Morgan fingerprint density at radius 1 is 1.17 bits per heavy atom. The van der Waals surface area contributed by atoms with Crippen LogP contribution in [0.5, 0.6) is 17.2 Å². The van der Waals surface area contributed by atoms with Crippen molar-refractivity contribution >= 4 is 17.3 Å². The van der Waals surface area contributed by atoms with Gasteiger partial charge in [-0.1, -0.05) is 12.1 Å². The molecule has 1 aliphatic rings. The molecule has 0 spiro atoms. The minimum Gasteiger partial charge on any atom is -0.495 e. The lowest BCUT2D eigenvalue weighted by Gasteiger charge is -2.11. The zero-order chi connectivity index (χ0) is 17.2. The Bertz CT molecular complexity index is 767. The molecule has 0 atom stereocenters. The number of ether oxygens (including phenoxy) is 3. The van der Waals surface area contributed by atoms with Crippen LogP contribution in [0, 0.1) is 0 Å². The largest absolute Gasteiger partial charge is 0.586 e. The Hall–Kier alpha value is -3.03. The van der Waals surface area contributed by atoms with Gasteiger partial charge in [0.15, 0.2) is 11.5 Å². The van der Waals surface area contributed by atoms with Crippen molar-refractivity contribution in [1.29, 1.82) is 0 Å². The van der Waals surface area contributed by atoms with Crippen LogP contribution >= 0.6 is 0 Å². The zero-order valence-corrected chi connectivity index (χ0v) is 12.6. The van der Waals surface area contributed by atoms with E-state index in [-0.39, 0.29) is 24.0 Å². The molecule has 0 aliphatic carbocycles. The van der Waals surface area contributed by atoms with E-state index in [0.29, 0.717) is 17.1 Å². The molecule has 1 heterocycles. The van der Waals surface area contributed by atoms with E-state index >= 15 is 0 Å². The second-order valence-corrected chi connectivity index (χ2v) is 4.93. The summed E-state index contributed by atoms with van der Waals surface area (Å²) in [5.41, 5.74) is 0.988. The van der Waals surface area contributed by atoms with Gasteiger partial charge in [0.05, 0.1) is 19.3 Å². The summed E-state index contributed by atoms with van der Waals surface area (Å²) in [7, 11) is 1.53. The molecule has 2 aromatic carbocycles. The summed E-state index contributed by atoms with van der Waals surface area (Å²) >= 11 is 0. The first kappa shape index (κ1) is 15.9. The number of carbonyl (C=O) groups is 1. The maximum atomic E-state index is 13.0. The Morgan fingerprint density at radius 2 is 1.92 bits per heavy atom. The van der Waals surface area contributed by atoms with Crippen molar-refractivity contribution in [2.24, 2.45) is 0 Å². The molecule has 1 amide bonds. The van der Waals surface area contributed by atoms with E-state index in [1.165, 1.54) is 25.3 Å². The minimum atomic E-state index is -3.68. The van der Waals surface area contributed by atoms with E-state index in [9.17, 15) is 13.6 Å². The lowest BCUT2D eigenvalue weighted by molar-refractivity contribution is -0.286. The third kappa shape index (κ3) is 3.48. The summed E-state index contributed by atoms with van der Waals surface area (Å²) in [6.45, 7) is -0.0228. The number of carbonyl (C=O) groups excluding carboxylic acids is 1. The average Bonchev–Trinajstić information content (AvgIpc) is 2.86. The fourth-order valence-electron chi connectivity index (χ4n) is 2.20. The highest BCUT2D eigenvalue weighted by Gasteiger charge is 2.43. The highest BCUT2D eigenvalue weighted by atomic mass is 19.3. The number of fused-ring (bicyclic) bond motifs is 1. The van der Waals surface area contributed by atoms with Gasteiger partial charge in [-0.2, -0.15) is 0 Å². The minimum absolute atomic E-state index is 0.0228. The van der Waals surface area contributed by atoms with E-state index in [4.69, 9.17) is 4.74 Å². The predicted molar refractivity (Wildman–Crippen MR) is 82.8 cm³/mol. The molecule has 8 heteroatoms. The quantitative estimate of drug-likeness (QED) is 0.878. The van der Waals surface area contributed by atoms with Gasteiger partial charge in [0, 0.05) is 11.8 Å². The average molecular weight is 336 g/mol. The molecule has 6 nitrogen and oxygen atoms in total. The second kappa shape index (κ2) is 6.23. The highest BCUT2D eigenvalue weighted by molar-refractivity contribution is 5.94. The number of para-hydroxylation sites is 2. The second-order valence-electron chi connectivity index (χ2n) is 4.93. The first-order valence-corrected chi connectivity index (χ1v) is 7.03. The topological polar surface area (TPSA) is 68.8 Å². The van der Waals surface area contributed by atoms with E-state index in [0.717, 1.165) is 0 Å². The summed E-state index contributed by atoms with van der Waals surface area (Å²) in [6.07, 6.45) is -3.68. The fourth-order valence-corrected chi connectivity index (χ4v) is 2.20. The lowest BCUT2D eigenvalue weighted by Crippen LogP contribution is -2.25. The van der Waals surface area contributed by atoms with Gasteiger partial charge in [0.1, 0.15) is 5.75 Å². The van der Waals surface area contributed by atoms with E-state index in [1.54, 1.807) is 18.2 Å². The number of alkyl halides is 2. The molecular formula is C16H14F2N2O4. The molecule has 2 N–H and O–H groups in total. The summed E-state index contributed by atoms with van der Waals surface area (Å²) in [5.74, 6) is 0.0442. The van der Waals surface area contributed by atoms with Crippen LogP contribution in [0.2, 0.25) is 0 Å². The zero-order valence-electron chi connectivity index (χ0n) is 12.6. The van der Waals surface area contributed by atoms with Crippen LogP contribution in [0.15, 0.2) is 42.5 Å². The summed E-state index contributed by atoms with van der Waals surface area (Å²) in [5, 5.41) is 5.52. The van der Waals surface area contributed by atoms with Crippen molar-refractivity contribution in [2.45, 2.75) is 6.29 Å². The summed E-state index contributed by atoms with van der Waals surface area (Å²) in [6, 6.07) is 11.2. The standard InChI is InChI=1S/C16H14F2N2O4/c1-22-12-5-3-2-4-11(12)19-9-15(21)20-10-6-7-13-14(8-10)24-16(17,18)23-13/h2-8,19H,9H2,1H3,(H,20,21). The van der Waals surface area contributed by atoms with E-state index in [2.05, 4.69) is 20.1 Å². The molecular weight excluding hydrogens is 322 g/mol. The van der Waals surface area contributed by atoms with Crippen molar-refractivity contribution in [3.63, 3.8) is 0 Å². The van der Waals surface area contributed by atoms with Crippen molar-refractivity contribution in [1.82, 2.24) is 0 Å². The molecule has 2 aromatic rings. The molecule has 1 aliphatic heterocycles. The summed E-state index contributed by atoms with van der Waals surface area (Å²) in [4.78, 5) is 12.0. The molecule has 0 saturated heterocycles. The van der Waals surface area contributed by atoms with E-state index < -0.39 is 6.29 Å². The van der Waals surface area contributed by atoms with Gasteiger partial charge in [-0.05, 0) is 24.3 Å². The Kier molecular flexibility index (Phi) is 4.11. The number of hydrogen-bond acceptors (Lipinski definition) is 5. The van der Waals surface area contributed by atoms with Crippen LogP contribution in [-0.4, -0.2) is 25.9 Å². The van der Waals surface area contributed by atoms with Crippen LogP contribution < -0.4 is 24.8 Å². The number of benzene rings is 2. The molecule has 0 saturated carbocycles. The van der Waals surface area contributed by atoms with Gasteiger partial charge >= 0.3 is 6.29 Å². The highest BCUT2D eigenvalue weighted by Crippen LogP contribution is 2.42. The molecule has 0 bridgehead atoms. The monoisotopic (exact) mass is 336 g/mol. The van der Waals surface area contributed by atoms with Crippen LogP contribution in [-0.2, 0) is 4.79 Å². The fraction of sp³-hybridized carbons (Fsp3) is 0.188. The lowest BCUT2D eigenvalue weighted by atomic mass is 10.2. The number of nitrogens with one attached hydrogen (secondary N) is 2. The van der Waals surface area contributed by atoms with Gasteiger partial charge in [0.2, 0.25) is 5.91 Å². The maximum absolute atomic E-state index is 13.0. The third-order valence-electron chi connectivity index (χ3n) is 3.23. The van der Waals surface area contributed by atoms with Crippen LogP contribution in [0.3, 0.4) is 0 Å². The number of amides is 1. The molecule has 24 heavy (non-hydrogen) atoms. The van der Waals surface area contributed by atoms with Crippen molar-refractivity contribution in [2.75, 3.05) is 24.3 Å². The predicted octanol–water partition coefficient (Wildman–Crippen LogP) is 3.07. The van der Waals surface area contributed by atoms with Crippen molar-refractivity contribution in [3.05, 3.63) is 42.5 Å². The third-order valence-corrected chi connectivity index (χ3v) is 3.23. The van der Waals surface area contributed by atoms with Crippen LogP contribution in [0.4, 0.5) is 20.2 Å². The molecule has 0 fully saturated rings. The van der Waals surface area contributed by atoms with Crippen LogP contribution in [0.25, 0.3) is 0 Å². The molecule has 0 aromatic heterocycles. The first-order valence-electron chi connectivity index (χ1n) is 7.03. The molecule has 0 unspecified atom stereocenters. The summed E-state index contributed by atoms with van der Waals surface area (Å²) < 4.78 is 39.7. The molecule has 3 rings (SSSR count). The van der Waals surface area contributed by atoms with Gasteiger partial charge in [-0.15, -0.1) is 8.78 Å². The van der Waals surface area contributed by atoms with Crippen molar-refractivity contribution < 1.29 is 27.8 Å². The SMILES string of the molecule is COc1ccccc1NCC(=O)Nc1ccc2c(c1)OC(F)(F)O2. The van der Waals surface area contributed by atoms with Gasteiger partial charge in [-0.25, -0.2) is 0 Å². The Balaban J connectivity index is 1.60.